The van der Waals surface area contributed by atoms with Crippen molar-refractivity contribution in [3.8, 4) is 11.4 Å². The van der Waals surface area contributed by atoms with E-state index in [0.29, 0.717) is 27.1 Å². The molecule has 158 valence electrons. The number of benzene rings is 1. The number of carbonyl (C=O) groups excluding carboxylic acids is 1. The van der Waals surface area contributed by atoms with Crippen LogP contribution in [0.15, 0.2) is 43.0 Å². The normalized spacial score (nSPS) is 10.8. The number of nitrogens with one attached hydrogen (secondary N) is 2. The number of anilines is 3. The van der Waals surface area contributed by atoms with Crippen LogP contribution in [0.5, 0.6) is 5.75 Å². The van der Waals surface area contributed by atoms with Gasteiger partial charge in [-0.2, -0.15) is 0 Å². The van der Waals surface area contributed by atoms with Gasteiger partial charge in [-0.25, -0.2) is 9.67 Å². The van der Waals surface area contributed by atoms with E-state index in [1.807, 2.05) is 33.0 Å². The molecule has 0 radical (unpaired) electrons. The van der Waals surface area contributed by atoms with Gasteiger partial charge < -0.3 is 15.7 Å². The molecule has 4 rings (SSSR count). The predicted octanol–water partition coefficient (Wildman–Crippen LogP) is 4.66. The standard InChI is InChI=1S/C22H22N6O2S/c1-12-5-6-17(29)15(4)19(12)25-21(30)18-10-24-22(31-18)26-20-14(3)11-28(27-20)16-7-8-23-9-13(16)2/h5-11,29H,1-4H3,(H,25,30)(H,24,26,27). The highest BCUT2D eigenvalue weighted by Crippen LogP contribution is 2.30. The molecule has 4 aromatic rings. The number of amides is 1. The van der Waals surface area contributed by atoms with Gasteiger partial charge in [0.15, 0.2) is 10.9 Å². The molecule has 0 fully saturated rings. The number of aryl methyl sites for hydroxylation is 3. The lowest BCUT2D eigenvalue weighted by molar-refractivity contribution is 0.103. The quantitative estimate of drug-likeness (QED) is 0.422. The average Bonchev–Trinajstić information content (AvgIpc) is 3.36. The van der Waals surface area contributed by atoms with Gasteiger partial charge in [-0.3, -0.25) is 9.78 Å². The van der Waals surface area contributed by atoms with Crippen LogP contribution in [0.3, 0.4) is 0 Å². The molecule has 0 unspecified atom stereocenters. The highest BCUT2D eigenvalue weighted by Gasteiger charge is 2.16. The zero-order valence-electron chi connectivity index (χ0n) is 17.6. The summed E-state index contributed by atoms with van der Waals surface area (Å²) >= 11 is 1.23. The molecule has 3 heterocycles. The second kappa shape index (κ2) is 8.19. The first kappa shape index (κ1) is 20.5. The summed E-state index contributed by atoms with van der Waals surface area (Å²) in [5.74, 6) is 0.525. The third-order valence-electron chi connectivity index (χ3n) is 4.97. The number of rotatable bonds is 5. The number of pyridine rings is 1. The van der Waals surface area contributed by atoms with Crippen LogP contribution >= 0.6 is 11.3 Å². The van der Waals surface area contributed by atoms with Crippen molar-refractivity contribution in [3.05, 3.63) is 70.1 Å². The van der Waals surface area contributed by atoms with E-state index in [1.165, 1.54) is 17.5 Å². The Labute approximate surface area is 183 Å². The monoisotopic (exact) mass is 434 g/mol. The summed E-state index contributed by atoms with van der Waals surface area (Å²) in [6.45, 7) is 7.58. The maximum Gasteiger partial charge on any atom is 0.267 e. The Balaban J connectivity index is 1.52. The fourth-order valence-corrected chi connectivity index (χ4v) is 3.88. The van der Waals surface area contributed by atoms with Crippen LogP contribution in [-0.4, -0.2) is 30.8 Å². The van der Waals surface area contributed by atoms with Gasteiger partial charge >= 0.3 is 0 Å². The molecule has 1 aromatic carbocycles. The van der Waals surface area contributed by atoms with E-state index in [1.54, 1.807) is 36.1 Å². The Bertz CT molecular complexity index is 1280. The van der Waals surface area contributed by atoms with Gasteiger partial charge in [-0.05, 0) is 51.0 Å². The molecule has 0 aliphatic rings. The SMILES string of the molecule is Cc1cnccc1-n1cc(C)c(Nc2ncc(C(=O)Nc3c(C)ccc(O)c3C)s2)n1. The van der Waals surface area contributed by atoms with E-state index in [4.69, 9.17) is 0 Å². The highest BCUT2D eigenvalue weighted by atomic mass is 32.1. The van der Waals surface area contributed by atoms with Crippen molar-refractivity contribution >= 4 is 33.9 Å². The van der Waals surface area contributed by atoms with Gasteiger partial charge in [0, 0.05) is 29.7 Å². The second-order valence-corrected chi connectivity index (χ2v) is 8.31. The van der Waals surface area contributed by atoms with Gasteiger partial charge in [-0.15, -0.1) is 5.10 Å². The molecule has 8 nitrogen and oxygen atoms in total. The molecule has 0 aliphatic carbocycles. The van der Waals surface area contributed by atoms with Crippen LogP contribution in [0.4, 0.5) is 16.6 Å². The summed E-state index contributed by atoms with van der Waals surface area (Å²) in [6, 6.07) is 5.29. The fourth-order valence-electron chi connectivity index (χ4n) is 3.17. The number of thiazole rings is 1. The first-order valence-corrected chi connectivity index (χ1v) is 10.5. The lowest BCUT2D eigenvalue weighted by Crippen LogP contribution is -2.12. The molecule has 0 saturated carbocycles. The van der Waals surface area contributed by atoms with Crippen molar-refractivity contribution in [2.75, 3.05) is 10.6 Å². The highest BCUT2D eigenvalue weighted by molar-refractivity contribution is 7.17. The summed E-state index contributed by atoms with van der Waals surface area (Å²) < 4.78 is 1.79. The van der Waals surface area contributed by atoms with Gasteiger partial charge in [0.05, 0.1) is 17.6 Å². The largest absolute Gasteiger partial charge is 0.508 e. The van der Waals surface area contributed by atoms with Crippen molar-refractivity contribution < 1.29 is 9.90 Å². The molecular weight excluding hydrogens is 412 g/mol. The van der Waals surface area contributed by atoms with Crippen molar-refractivity contribution in [2.45, 2.75) is 27.7 Å². The van der Waals surface area contributed by atoms with Crippen LogP contribution in [0.2, 0.25) is 0 Å². The molecule has 0 saturated heterocycles. The molecular formula is C22H22N6O2S. The van der Waals surface area contributed by atoms with Crippen molar-refractivity contribution in [1.82, 2.24) is 19.7 Å². The zero-order valence-corrected chi connectivity index (χ0v) is 18.4. The topological polar surface area (TPSA) is 105 Å². The number of nitrogens with zero attached hydrogens (tertiary/aromatic N) is 4. The number of carbonyl (C=O) groups is 1. The Morgan fingerprint density at radius 2 is 1.87 bits per heavy atom. The van der Waals surface area contributed by atoms with Crippen molar-refractivity contribution in [1.29, 1.82) is 0 Å². The van der Waals surface area contributed by atoms with Crippen LogP contribution in [-0.2, 0) is 0 Å². The minimum absolute atomic E-state index is 0.142. The number of phenolic OH excluding ortho intramolecular Hbond substituents is 1. The molecule has 9 heteroatoms. The van der Waals surface area contributed by atoms with E-state index in [9.17, 15) is 9.90 Å². The number of hydrogen-bond acceptors (Lipinski definition) is 7. The molecule has 0 atom stereocenters. The molecule has 1 amide bonds. The average molecular weight is 435 g/mol. The maximum atomic E-state index is 12.7. The Hall–Kier alpha value is -3.72. The summed E-state index contributed by atoms with van der Waals surface area (Å²) in [6.07, 6.45) is 6.98. The van der Waals surface area contributed by atoms with Crippen LogP contribution in [0, 0.1) is 27.7 Å². The van der Waals surface area contributed by atoms with Gasteiger partial charge in [0.25, 0.3) is 5.91 Å². The molecule has 0 spiro atoms. The third kappa shape index (κ3) is 4.13. The fraction of sp³-hybridized carbons (Fsp3) is 0.182. The van der Waals surface area contributed by atoms with Crippen LogP contribution in [0.1, 0.15) is 31.9 Å². The molecule has 0 bridgehead atoms. The summed E-state index contributed by atoms with van der Waals surface area (Å²) in [5, 5.41) is 21.2. The van der Waals surface area contributed by atoms with Gasteiger partial charge in [0.2, 0.25) is 0 Å². The smallest absolute Gasteiger partial charge is 0.267 e. The number of hydrogen-bond donors (Lipinski definition) is 3. The summed E-state index contributed by atoms with van der Waals surface area (Å²) in [7, 11) is 0. The molecule has 31 heavy (non-hydrogen) atoms. The zero-order chi connectivity index (χ0) is 22.1. The molecule has 3 aromatic heterocycles. The molecule has 3 N–H and O–H groups in total. The lowest BCUT2D eigenvalue weighted by atomic mass is 10.1. The number of aromatic hydroxyl groups is 1. The molecule has 0 aliphatic heterocycles. The van der Waals surface area contributed by atoms with Crippen LogP contribution in [0.25, 0.3) is 5.69 Å². The Kier molecular flexibility index (Phi) is 5.43. The first-order chi connectivity index (χ1) is 14.8. The minimum atomic E-state index is -0.281. The van der Waals surface area contributed by atoms with Crippen molar-refractivity contribution in [2.24, 2.45) is 0 Å². The van der Waals surface area contributed by atoms with E-state index in [0.717, 1.165) is 22.4 Å². The third-order valence-corrected chi connectivity index (χ3v) is 5.88. The van der Waals surface area contributed by atoms with E-state index in [-0.39, 0.29) is 11.7 Å². The number of aromatic nitrogens is 4. The Morgan fingerprint density at radius 1 is 1.06 bits per heavy atom. The maximum absolute atomic E-state index is 12.7. The van der Waals surface area contributed by atoms with Crippen molar-refractivity contribution in [3.63, 3.8) is 0 Å². The minimum Gasteiger partial charge on any atom is -0.508 e. The predicted molar refractivity (Wildman–Crippen MR) is 122 cm³/mol. The van der Waals surface area contributed by atoms with Gasteiger partial charge in [-0.1, -0.05) is 17.4 Å². The summed E-state index contributed by atoms with van der Waals surface area (Å²) in [4.78, 5) is 21.6. The number of phenols is 1. The van der Waals surface area contributed by atoms with Gasteiger partial charge in [0.1, 0.15) is 10.6 Å². The van der Waals surface area contributed by atoms with E-state index >= 15 is 0 Å². The van der Waals surface area contributed by atoms with E-state index in [2.05, 4.69) is 25.7 Å². The lowest BCUT2D eigenvalue weighted by Gasteiger charge is -2.11. The first-order valence-electron chi connectivity index (χ1n) is 9.64. The Morgan fingerprint density at radius 3 is 2.65 bits per heavy atom. The summed E-state index contributed by atoms with van der Waals surface area (Å²) in [5.41, 5.74) is 5.02. The second-order valence-electron chi connectivity index (χ2n) is 7.28. The van der Waals surface area contributed by atoms with Crippen LogP contribution < -0.4 is 10.6 Å². The van der Waals surface area contributed by atoms with E-state index < -0.39 is 0 Å².